The third kappa shape index (κ3) is 3.00. The first kappa shape index (κ1) is 16.1. The highest BCUT2D eigenvalue weighted by atomic mass is 16.5. The lowest BCUT2D eigenvalue weighted by molar-refractivity contribution is 0.231. The lowest BCUT2D eigenvalue weighted by atomic mass is 10.2. The Balaban J connectivity index is 1.51. The normalized spacial score (nSPS) is 18.6. The number of likely N-dealkylation sites (tertiary alicyclic amines) is 1. The van der Waals surface area contributed by atoms with Gasteiger partial charge in [0.1, 0.15) is 0 Å². The zero-order valence-electron chi connectivity index (χ0n) is 14.5. The second-order valence-electron chi connectivity index (χ2n) is 6.83. The molecule has 7 nitrogen and oxygen atoms in total. The quantitative estimate of drug-likeness (QED) is 0.709. The van der Waals surface area contributed by atoms with Gasteiger partial charge in [0.15, 0.2) is 11.4 Å². The molecule has 2 aromatic heterocycles. The molecule has 0 bridgehead atoms. The third-order valence-electron chi connectivity index (χ3n) is 4.80. The van der Waals surface area contributed by atoms with Crippen molar-refractivity contribution in [3.05, 3.63) is 46.5 Å². The molecule has 0 spiro atoms. The summed E-state index contributed by atoms with van der Waals surface area (Å²) >= 11 is 0. The van der Waals surface area contributed by atoms with Crippen LogP contribution in [0.4, 0.5) is 0 Å². The molecule has 0 aliphatic carbocycles. The van der Waals surface area contributed by atoms with Gasteiger partial charge in [-0.25, -0.2) is 4.79 Å². The Morgan fingerprint density at radius 3 is 2.92 bits per heavy atom. The predicted octanol–water partition coefficient (Wildman–Crippen LogP) is 2.94. The molecule has 1 atom stereocenters. The highest BCUT2D eigenvalue weighted by Gasteiger charge is 2.30. The number of benzene rings is 1. The fraction of sp³-hybridized carbons (Fsp3) is 0.500. The fourth-order valence-corrected chi connectivity index (χ4v) is 3.46. The van der Waals surface area contributed by atoms with E-state index in [1.807, 2.05) is 38.1 Å². The van der Waals surface area contributed by atoms with Crippen LogP contribution < -0.4 is 5.76 Å². The molecule has 1 aliphatic heterocycles. The molecule has 0 radical (unpaired) electrons. The molecule has 1 saturated heterocycles. The summed E-state index contributed by atoms with van der Waals surface area (Å²) in [7, 11) is 0. The van der Waals surface area contributed by atoms with Crippen LogP contribution in [0, 0.1) is 0 Å². The van der Waals surface area contributed by atoms with Crippen molar-refractivity contribution >= 4 is 11.1 Å². The number of hydrogen-bond acceptors (Lipinski definition) is 6. The fourth-order valence-electron chi connectivity index (χ4n) is 3.46. The van der Waals surface area contributed by atoms with Gasteiger partial charge in [0, 0.05) is 19.0 Å². The summed E-state index contributed by atoms with van der Waals surface area (Å²) in [4.78, 5) is 19.0. The molecule has 7 heteroatoms. The molecule has 0 unspecified atom stereocenters. The van der Waals surface area contributed by atoms with Crippen molar-refractivity contribution in [1.29, 1.82) is 0 Å². The van der Waals surface area contributed by atoms with Gasteiger partial charge in [-0.2, -0.15) is 4.98 Å². The Labute approximate surface area is 145 Å². The first-order valence-electron chi connectivity index (χ1n) is 8.79. The van der Waals surface area contributed by atoms with Crippen LogP contribution in [-0.2, 0) is 6.54 Å². The number of oxazole rings is 1. The lowest BCUT2D eigenvalue weighted by Crippen LogP contribution is -2.30. The van der Waals surface area contributed by atoms with Crippen LogP contribution in [0.1, 0.15) is 50.4 Å². The number of nitrogens with zero attached hydrogens (tertiary/aromatic N) is 4. The summed E-state index contributed by atoms with van der Waals surface area (Å²) in [5, 5.41) is 4.17. The molecule has 0 N–H and O–H groups in total. The van der Waals surface area contributed by atoms with E-state index in [9.17, 15) is 4.79 Å². The SMILES string of the molecule is CC(C)c1nc([C@H]2CCCN2CCn2c(=O)oc3ccccc32)no1. The molecule has 0 saturated carbocycles. The average Bonchev–Trinajstić information content (AvgIpc) is 3.30. The molecule has 1 fully saturated rings. The van der Waals surface area contributed by atoms with Crippen molar-refractivity contribution < 1.29 is 8.94 Å². The van der Waals surface area contributed by atoms with Gasteiger partial charge in [-0.1, -0.05) is 31.1 Å². The van der Waals surface area contributed by atoms with Gasteiger partial charge in [-0.05, 0) is 31.5 Å². The van der Waals surface area contributed by atoms with Crippen LogP contribution in [0.5, 0.6) is 0 Å². The van der Waals surface area contributed by atoms with Crippen LogP contribution in [-0.4, -0.2) is 32.7 Å². The molecule has 3 aromatic rings. The number of hydrogen-bond donors (Lipinski definition) is 0. The Bertz CT molecular complexity index is 924. The zero-order chi connectivity index (χ0) is 17.4. The van der Waals surface area contributed by atoms with Gasteiger partial charge >= 0.3 is 5.76 Å². The standard InChI is InChI=1S/C18H22N4O3/c1-12(2)17-19-16(20-25-17)14-7-5-9-21(14)10-11-22-13-6-3-4-8-15(13)24-18(22)23/h3-4,6,8,12,14H,5,7,9-11H2,1-2H3/t14-/m1/s1. The van der Waals surface area contributed by atoms with E-state index >= 15 is 0 Å². The number of para-hydroxylation sites is 2. The van der Waals surface area contributed by atoms with E-state index in [-0.39, 0.29) is 17.7 Å². The van der Waals surface area contributed by atoms with E-state index < -0.39 is 0 Å². The van der Waals surface area contributed by atoms with Crippen molar-refractivity contribution in [2.45, 2.75) is 45.2 Å². The first-order chi connectivity index (χ1) is 12.1. The van der Waals surface area contributed by atoms with Gasteiger partial charge in [-0.3, -0.25) is 9.47 Å². The smallest absolute Gasteiger partial charge is 0.408 e. The second kappa shape index (κ2) is 6.48. The Hall–Kier alpha value is -2.41. The molecule has 1 aromatic carbocycles. The molecular weight excluding hydrogens is 320 g/mol. The highest BCUT2D eigenvalue weighted by Crippen LogP contribution is 2.30. The molecule has 4 rings (SSSR count). The minimum Gasteiger partial charge on any atom is -0.408 e. The Kier molecular flexibility index (Phi) is 4.17. The maximum atomic E-state index is 12.1. The number of rotatable bonds is 5. The van der Waals surface area contributed by atoms with Crippen molar-refractivity contribution in [3.8, 4) is 0 Å². The van der Waals surface area contributed by atoms with Gasteiger partial charge in [0.05, 0.1) is 11.6 Å². The molecule has 132 valence electrons. The van der Waals surface area contributed by atoms with Gasteiger partial charge in [0.25, 0.3) is 0 Å². The first-order valence-corrected chi connectivity index (χ1v) is 8.79. The van der Waals surface area contributed by atoms with E-state index in [0.717, 1.165) is 37.3 Å². The monoisotopic (exact) mass is 342 g/mol. The maximum absolute atomic E-state index is 12.1. The Morgan fingerprint density at radius 1 is 1.28 bits per heavy atom. The van der Waals surface area contributed by atoms with E-state index in [1.54, 1.807) is 4.57 Å². The minimum absolute atomic E-state index is 0.158. The summed E-state index contributed by atoms with van der Waals surface area (Å²) in [6.45, 7) is 6.39. The van der Waals surface area contributed by atoms with E-state index in [0.29, 0.717) is 18.0 Å². The van der Waals surface area contributed by atoms with Crippen molar-refractivity contribution in [1.82, 2.24) is 19.6 Å². The Morgan fingerprint density at radius 2 is 2.12 bits per heavy atom. The summed E-state index contributed by atoms with van der Waals surface area (Å²) in [5.41, 5.74) is 1.47. The summed E-state index contributed by atoms with van der Waals surface area (Å²) in [5.74, 6) is 1.36. The van der Waals surface area contributed by atoms with Crippen molar-refractivity contribution in [2.75, 3.05) is 13.1 Å². The van der Waals surface area contributed by atoms with E-state index in [1.165, 1.54) is 0 Å². The van der Waals surface area contributed by atoms with E-state index in [2.05, 4.69) is 15.0 Å². The zero-order valence-corrected chi connectivity index (χ0v) is 14.5. The van der Waals surface area contributed by atoms with Crippen LogP contribution in [0.25, 0.3) is 11.1 Å². The van der Waals surface area contributed by atoms with Gasteiger partial charge in [0.2, 0.25) is 5.89 Å². The van der Waals surface area contributed by atoms with Crippen LogP contribution in [0.3, 0.4) is 0 Å². The summed E-state index contributed by atoms with van der Waals surface area (Å²) in [6.07, 6.45) is 2.11. The lowest BCUT2D eigenvalue weighted by Gasteiger charge is -2.21. The largest absolute Gasteiger partial charge is 0.419 e. The summed E-state index contributed by atoms with van der Waals surface area (Å²) in [6, 6.07) is 7.67. The van der Waals surface area contributed by atoms with Gasteiger partial charge < -0.3 is 8.94 Å². The highest BCUT2D eigenvalue weighted by molar-refractivity contribution is 5.72. The molecular formula is C18H22N4O3. The third-order valence-corrected chi connectivity index (χ3v) is 4.80. The minimum atomic E-state index is -0.307. The van der Waals surface area contributed by atoms with Crippen LogP contribution in [0.2, 0.25) is 0 Å². The predicted molar refractivity (Wildman–Crippen MR) is 92.4 cm³/mol. The van der Waals surface area contributed by atoms with Gasteiger partial charge in [-0.15, -0.1) is 0 Å². The van der Waals surface area contributed by atoms with Crippen LogP contribution in [0.15, 0.2) is 38.0 Å². The number of aromatic nitrogens is 3. The maximum Gasteiger partial charge on any atom is 0.419 e. The number of fused-ring (bicyclic) bond motifs is 1. The molecule has 3 heterocycles. The topological polar surface area (TPSA) is 77.3 Å². The summed E-state index contributed by atoms with van der Waals surface area (Å²) < 4.78 is 12.4. The van der Waals surface area contributed by atoms with Crippen molar-refractivity contribution in [2.24, 2.45) is 0 Å². The molecule has 0 amide bonds. The molecule has 1 aliphatic rings. The second-order valence-corrected chi connectivity index (χ2v) is 6.83. The van der Waals surface area contributed by atoms with E-state index in [4.69, 9.17) is 8.94 Å². The molecule has 25 heavy (non-hydrogen) atoms. The van der Waals surface area contributed by atoms with Crippen molar-refractivity contribution in [3.63, 3.8) is 0 Å². The van der Waals surface area contributed by atoms with Crippen LogP contribution >= 0.6 is 0 Å². The average molecular weight is 342 g/mol.